The molecule has 1 aromatic heterocycles. The van der Waals surface area contributed by atoms with Crippen molar-refractivity contribution in [3.05, 3.63) is 24.2 Å². The second-order valence-corrected chi connectivity index (χ2v) is 4.35. The third-order valence-corrected chi connectivity index (χ3v) is 3.18. The standard InChI is InChI=1S/C12H19NO3/c1-9(10-4-6-15-8-10)13-7-11(14)12-3-2-5-16-12/h2-3,5,9-11,13-14H,4,6-8H2,1H3. The molecular formula is C12H19NO3. The van der Waals surface area contributed by atoms with Crippen molar-refractivity contribution in [2.45, 2.75) is 25.5 Å². The predicted octanol–water partition coefficient (Wildman–Crippen LogP) is 1.33. The second kappa shape index (κ2) is 5.48. The van der Waals surface area contributed by atoms with E-state index in [4.69, 9.17) is 9.15 Å². The van der Waals surface area contributed by atoms with Crippen LogP contribution in [-0.4, -0.2) is 30.9 Å². The molecule has 1 aromatic rings. The van der Waals surface area contributed by atoms with Gasteiger partial charge in [-0.1, -0.05) is 0 Å². The monoisotopic (exact) mass is 225 g/mol. The van der Waals surface area contributed by atoms with Crippen molar-refractivity contribution in [1.82, 2.24) is 5.32 Å². The summed E-state index contributed by atoms with van der Waals surface area (Å²) in [5.41, 5.74) is 0. The minimum Gasteiger partial charge on any atom is -0.467 e. The Balaban J connectivity index is 1.74. The van der Waals surface area contributed by atoms with Crippen LogP contribution in [0.2, 0.25) is 0 Å². The highest BCUT2D eigenvalue weighted by Gasteiger charge is 2.22. The fourth-order valence-electron chi connectivity index (χ4n) is 1.99. The number of furan rings is 1. The van der Waals surface area contributed by atoms with Gasteiger partial charge in [0.1, 0.15) is 11.9 Å². The number of rotatable bonds is 5. The molecule has 90 valence electrons. The lowest BCUT2D eigenvalue weighted by Crippen LogP contribution is -2.36. The fourth-order valence-corrected chi connectivity index (χ4v) is 1.99. The van der Waals surface area contributed by atoms with Gasteiger partial charge in [0.15, 0.2) is 0 Å². The molecule has 1 fully saturated rings. The largest absolute Gasteiger partial charge is 0.467 e. The first-order chi connectivity index (χ1) is 7.77. The molecule has 0 bridgehead atoms. The second-order valence-electron chi connectivity index (χ2n) is 4.35. The van der Waals surface area contributed by atoms with Crippen LogP contribution >= 0.6 is 0 Å². The number of aliphatic hydroxyl groups excluding tert-OH is 1. The van der Waals surface area contributed by atoms with Crippen LogP contribution in [0.5, 0.6) is 0 Å². The maximum absolute atomic E-state index is 9.81. The van der Waals surface area contributed by atoms with Crippen molar-refractivity contribution in [1.29, 1.82) is 0 Å². The first kappa shape index (κ1) is 11.6. The Hall–Kier alpha value is -0.840. The molecule has 1 saturated heterocycles. The fraction of sp³-hybridized carbons (Fsp3) is 0.667. The van der Waals surface area contributed by atoms with Gasteiger partial charge in [-0.25, -0.2) is 0 Å². The quantitative estimate of drug-likeness (QED) is 0.793. The molecule has 3 unspecified atom stereocenters. The third-order valence-electron chi connectivity index (χ3n) is 3.18. The summed E-state index contributed by atoms with van der Waals surface area (Å²) in [6.45, 7) is 4.34. The van der Waals surface area contributed by atoms with Crippen molar-refractivity contribution < 1.29 is 14.3 Å². The lowest BCUT2D eigenvalue weighted by Gasteiger charge is -2.20. The number of hydrogen-bond donors (Lipinski definition) is 2. The van der Waals surface area contributed by atoms with Gasteiger partial charge in [0.25, 0.3) is 0 Å². The van der Waals surface area contributed by atoms with E-state index in [0.717, 1.165) is 19.6 Å². The van der Waals surface area contributed by atoms with Crippen LogP contribution < -0.4 is 5.32 Å². The van der Waals surface area contributed by atoms with Gasteiger partial charge in [-0.05, 0) is 31.4 Å². The molecule has 0 saturated carbocycles. The Morgan fingerprint density at radius 3 is 3.12 bits per heavy atom. The third kappa shape index (κ3) is 2.84. The molecule has 2 N–H and O–H groups in total. The molecule has 0 aromatic carbocycles. The summed E-state index contributed by atoms with van der Waals surface area (Å²) in [5, 5.41) is 13.1. The molecule has 1 aliphatic heterocycles. The molecular weight excluding hydrogens is 206 g/mol. The van der Waals surface area contributed by atoms with Crippen molar-refractivity contribution in [2.75, 3.05) is 19.8 Å². The van der Waals surface area contributed by atoms with Crippen LogP contribution in [0.4, 0.5) is 0 Å². The zero-order chi connectivity index (χ0) is 11.4. The highest BCUT2D eigenvalue weighted by Crippen LogP contribution is 2.17. The SMILES string of the molecule is CC(NCC(O)c1ccco1)C1CCOC1. The maximum Gasteiger partial charge on any atom is 0.133 e. The van der Waals surface area contributed by atoms with Crippen LogP contribution in [-0.2, 0) is 4.74 Å². The van der Waals surface area contributed by atoms with E-state index in [1.807, 2.05) is 0 Å². The number of aliphatic hydroxyl groups is 1. The van der Waals surface area contributed by atoms with Crippen LogP contribution in [0.3, 0.4) is 0 Å². The molecule has 16 heavy (non-hydrogen) atoms. The highest BCUT2D eigenvalue weighted by atomic mass is 16.5. The Kier molecular flexibility index (Phi) is 3.98. The summed E-state index contributed by atoms with van der Waals surface area (Å²) in [5.74, 6) is 1.17. The van der Waals surface area contributed by atoms with Crippen LogP contribution in [0.25, 0.3) is 0 Å². The van der Waals surface area contributed by atoms with Gasteiger partial charge in [0.2, 0.25) is 0 Å². The molecule has 1 aliphatic rings. The summed E-state index contributed by atoms with van der Waals surface area (Å²) in [4.78, 5) is 0. The van der Waals surface area contributed by atoms with E-state index >= 15 is 0 Å². The Bertz CT molecular complexity index is 293. The predicted molar refractivity (Wildman–Crippen MR) is 60.1 cm³/mol. The molecule has 0 amide bonds. The van der Waals surface area contributed by atoms with Crippen molar-refractivity contribution in [3.63, 3.8) is 0 Å². The summed E-state index contributed by atoms with van der Waals surface area (Å²) in [6, 6.07) is 3.94. The first-order valence-electron chi connectivity index (χ1n) is 5.80. The summed E-state index contributed by atoms with van der Waals surface area (Å²) >= 11 is 0. The normalized spacial score (nSPS) is 24.5. The van der Waals surface area contributed by atoms with Gasteiger partial charge in [-0.15, -0.1) is 0 Å². The highest BCUT2D eigenvalue weighted by molar-refractivity contribution is 5.02. The molecule has 2 rings (SSSR count). The van der Waals surface area contributed by atoms with Crippen LogP contribution in [0, 0.1) is 5.92 Å². The maximum atomic E-state index is 9.81. The van der Waals surface area contributed by atoms with E-state index in [-0.39, 0.29) is 0 Å². The van der Waals surface area contributed by atoms with Gasteiger partial charge >= 0.3 is 0 Å². The molecule has 4 nitrogen and oxygen atoms in total. The molecule has 4 heteroatoms. The minimum atomic E-state index is -0.570. The van der Waals surface area contributed by atoms with E-state index < -0.39 is 6.10 Å². The lowest BCUT2D eigenvalue weighted by molar-refractivity contribution is 0.136. The van der Waals surface area contributed by atoms with Gasteiger partial charge < -0.3 is 19.6 Å². The Morgan fingerprint density at radius 1 is 1.62 bits per heavy atom. The minimum absolute atomic E-state index is 0.368. The lowest BCUT2D eigenvalue weighted by atomic mass is 10.0. The Labute approximate surface area is 95.6 Å². The van der Waals surface area contributed by atoms with Crippen LogP contribution in [0.1, 0.15) is 25.2 Å². The average molecular weight is 225 g/mol. The summed E-state index contributed by atoms with van der Waals surface area (Å²) in [6.07, 6.45) is 2.11. The number of nitrogens with one attached hydrogen (secondary N) is 1. The Morgan fingerprint density at radius 2 is 2.50 bits per heavy atom. The summed E-state index contributed by atoms with van der Waals surface area (Å²) < 4.78 is 10.5. The van der Waals surface area contributed by atoms with Gasteiger partial charge in [0, 0.05) is 19.2 Å². The first-order valence-corrected chi connectivity index (χ1v) is 5.80. The van der Waals surface area contributed by atoms with E-state index in [1.165, 1.54) is 0 Å². The van der Waals surface area contributed by atoms with E-state index in [9.17, 15) is 5.11 Å². The number of hydrogen-bond acceptors (Lipinski definition) is 4. The van der Waals surface area contributed by atoms with Crippen molar-refractivity contribution >= 4 is 0 Å². The summed E-state index contributed by atoms with van der Waals surface area (Å²) in [7, 11) is 0. The van der Waals surface area contributed by atoms with Gasteiger partial charge in [-0.2, -0.15) is 0 Å². The zero-order valence-corrected chi connectivity index (χ0v) is 9.56. The molecule has 0 radical (unpaired) electrons. The van der Waals surface area contributed by atoms with Crippen molar-refractivity contribution in [2.24, 2.45) is 5.92 Å². The van der Waals surface area contributed by atoms with E-state index in [1.54, 1.807) is 18.4 Å². The van der Waals surface area contributed by atoms with Gasteiger partial charge in [-0.3, -0.25) is 0 Å². The topological polar surface area (TPSA) is 54.6 Å². The van der Waals surface area contributed by atoms with E-state index in [2.05, 4.69) is 12.2 Å². The smallest absolute Gasteiger partial charge is 0.133 e. The molecule has 0 aliphatic carbocycles. The van der Waals surface area contributed by atoms with E-state index in [0.29, 0.717) is 24.3 Å². The zero-order valence-electron chi connectivity index (χ0n) is 9.56. The molecule has 0 spiro atoms. The van der Waals surface area contributed by atoms with Gasteiger partial charge in [0.05, 0.1) is 12.9 Å². The molecule has 3 atom stereocenters. The number of ether oxygens (including phenoxy) is 1. The van der Waals surface area contributed by atoms with Crippen molar-refractivity contribution in [3.8, 4) is 0 Å². The molecule has 2 heterocycles. The average Bonchev–Trinajstić information content (AvgIpc) is 2.95. The van der Waals surface area contributed by atoms with Crippen LogP contribution in [0.15, 0.2) is 22.8 Å².